The minimum Gasteiger partial charge on any atom is -0.481 e. The van der Waals surface area contributed by atoms with Crippen LogP contribution in [0.2, 0.25) is 0 Å². The average Bonchev–Trinajstić information content (AvgIpc) is 3.82. The zero-order valence-electron chi connectivity index (χ0n) is 26.1. The van der Waals surface area contributed by atoms with Gasteiger partial charge < -0.3 is 25.4 Å². The summed E-state index contributed by atoms with van der Waals surface area (Å²) < 4.78 is 66.8. The molecule has 47 heavy (non-hydrogen) atoms. The van der Waals surface area contributed by atoms with Crippen LogP contribution in [0.5, 0.6) is 5.88 Å². The predicted octanol–water partition coefficient (Wildman–Crippen LogP) is 4.59. The third-order valence-electron chi connectivity index (χ3n) is 8.88. The molecule has 2 amide bonds. The van der Waals surface area contributed by atoms with Gasteiger partial charge in [0.2, 0.25) is 11.8 Å². The van der Waals surface area contributed by atoms with E-state index in [0.717, 1.165) is 18.9 Å². The van der Waals surface area contributed by atoms with Gasteiger partial charge in [0.25, 0.3) is 5.91 Å². The quantitative estimate of drug-likeness (QED) is 0.323. The van der Waals surface area contributed by atoms with Gasteiger partial charge in [-0.05, 0) is 74.1 Å². The van der Waals surface area contributed by atoms with Crippen LogP contribution in [-0.2, 0) is 33.5 Å². The Morgan fingerprint density at radius 1 is 1.13 bits per heavy atom. The van der Waals surface area contributed by atoms with Gasteiger partial charge in [-0.3, -0.25) is 14.6 Å². The molecule has 0 unspecified atom stereocenters. The molecule has 0 atom stereocenters. The molecule has 0 radical (unpaired) electrons. The van der Waals surface area contributed by atoms with Crippen LogP contribution in [0.1, 0.15) is 65.4 Å². The fraction of sp³-hybridized carbons (Fsp3) is 0.424. The monoisotopic (exact) mass is 654 g/mol. The Labute approximate surface area is 268 Å². The average molecular weight is 655 g/mol. The Bertz CT molecular complexity index is 1780. The first-order valence-corrected chi connectivity index (χ1v) is 15.2. The van der Waals surface area contributed by atoms with E-state index in [4.69, 9.17) is 20.2 Å². The number of nitrogens with one attached hydrogen (secondary N) is 1. The number of aliphatic imine (C=N–C) groups is 1. The van der Waals surface area contributed by atoms with Crippen molar-refractivity contribution < 1.29 is 36.6 Å². The molecule has 2 aliphatic heterocycles. The molecule has 10 nitrogen and oxygen atoms in total. The first-order chi connectivity index (χ1) is 22.3. The highest BCUT2D eigenvalue weighted by Gasteiger charge is 2.47. The second kappa shape index (κ2) is 12.2. The van der Waals surface area contributed by atoms with E-state index in [1.165, 1.54) is 26.4 Å². The van der Waals surface area contributed by atoms with Crippen molar-refractivity contribution in [2.24, 2.45) is 10.7 Å². The molecule has 3 aromatic rings. The van der Waals surface area contributed by atoms with Crippen molar-refractivity contribution in [2.75, 3.05) is 32.2 Å². The summed E-state index contributed by atoms with van der Waals surface area (Å²) in [6, 6.07) is 7.19. The Hall–Kier alpha value is -4.59. The summed E-state index contributed by atoms with van der Waals surface area (Å²) in [6.07, 6.45) is -2.63. The summed E-state index contributed by atoms with van der Waals surface area (Å²) in [5.74, 6) is -1.02. The van der Waals surface area contributed by atoms with Crippen molar-refractivity contribution in [2.45, 2.75) is 63.3 Å². The molecule has 6 rings (SSSR count). The number of methoxy groups -OCH3 is 2. The zero-order valence-corrected chi connectivity index (χ0v) is 26.1. The minimum absolute atomic E-state index is 0.00264. The number of alkyl halides is 3. The molecule has 2 aromatic heterocycles. The van der Waals surface area contributed by atoms with Crippen LogP contribution in [0.4, 0.5) is 23.2 Å². The third-order valence-corrected chi connectivity index (χ3v) is 8.88. The van der Waals surface area contributed by atoms with Gasteiger partial charge in [-0.1, -0.05) is 0 Å². The maximum atomic E-state index is 15.8. The van der Waals surface area contributed by atoms with Gasteiger partial charge in [-0.15, -0.1) is 0 Å². The topological polar surface area (TPSA) is 132 Å². The number of aromatic nitrogens is 2. The highest BCUT2D eigenvalue weighted by Crippen LogP contribution is 2.44. The number of anilines is 1. The Kier molecular flexibility index (Phi) is 8.41. The van der Waals surface area contributed by atoms with E-state index in [2.05, 4.69) is 15.3 Å². The second-order valence-electron chi connectivity index (χ2n) is 12.2. The van der Waals surface area contributed by atoms with Crippen molar-refractivity contribution in [1.29, 1.82) is 0 Å². The van der Waals surface area contributed by atoms with Crippen LogP contribution in [0.3, 0.4) is 0 Å². The lowest BCUT2D eigenvalue weighted by Crippen LogP contribution is -2.49. The Morgan fingerprint density at radius 2 is 1.85 bits per heavy atom. The number of carbonyl (C=O) groups excluding carboxylic acids is 2. The van der Waals surface area contributed by atoms with Crippen molar-refractivity contribution >= 4 is 23.3 Å². The molecule has 1 saturated heterocycles. The van der Waals surface area contributed by atoms with Gasteiger partial charge in [0.1, 0.15) is 22.9 Å². The fourth-order valence-corrected chi connectivity index (χ4v) is 6.41. The van der Waals surface area contributed by atoms with Crippen LogP contribution < -0.4 is 20.7 Å². The molecule has 1 aliphatic carbocycles. The van der Waals surface area contributed by atoms with Crippen molar-refractivity contribution in [3.63, 3.8) is 0 Å². The van der Waals surface area contributed by atoms with E-state index in [0.29, 0.717) is 70.8 Å². The summed E-state index contributed by atoms with van der Waals surface area (Å²) >= 11 is 0. The summed E-state index contributed by atoms with van der Waals surface area (Å²) in [6.45, 7) is 2.50. The van der Waals surface area contributed by atoms with Crippen LogP contribution in [0.15, 0.2) is 35.3 Å². The van der Waals surface area contributed by atoms with E-state index >= 15 is 4.39 Å². The lowest BCUT2D eigenvalue weighted by atomic mass is 9.87. The number of amides is 2. The normalized spacial score (nSPS) is 17.6. The number of aryl methyl sites for hydroxylation is 1. The molecule has 2 fully saturated rings. The van der Waals surface area contributed by atoms with Crippen LogP contribution in [0, 0.1) is 12.7 Å². The van der Waals surface area contributed by atoms with Crippen molar-refractivity contribution in [3.8, 4) is 17.0 Å². The molecule has 3 aliphatic rings. The van der Waals surface area contributed by atoms with Gasteiger partial charge in [0, 0.05) is 48.5 Å². The lowest BCUT2D eigenvalue weighted by Gasteiger charge is -2.38. The SMILES string of the molecule is COCc1c(F)cc(-c2c(C)cc(CC(N)=O)nc2OC)cc1N1CCC2(CC1)N=C(c1ccc(C(F)(F)F)nc1C1CC1)NC2=O. The van der Waals surface area contributed by atoms with E-state index in [9.17, 15) is 22.8 Å². The number of pyridine rings is 2. The highest BCUT2D eigenvalue weighted by atomic mass is 19.4. The smallest absolute Gasteiger partial charge is 0.433 e. The number of primary amides is 1. The first kappa shape index (κ1) is 32.4. The van der Waals surface area contributed by atoms with Gasteiger partial charge in [-0.2, -0.15) is 13.2 Å². The molecule has 3 N–H and O–H groups in total. The first-order valence-electron chi connectivity index (χ1n) is 15.2. The standard InChI is InChI=1S/C33H34F4N6O4/c1-17-12-20(15-26(38)44)39-30(47-3)27(17)19-13-23(34)22(16-46-2)24(14-19)43-10-8-32(9-11-43)31(45)41-29(42-32)21-6-7-25(33(35,36)37)40-28(21)18-4-5-18/h6-7,12-14,18H,4-5,8-11,15-16H2,1-3H3,(H2,38,44)(H,41,42,45). The van der Waals surface area contributed by atoms with Gasteiger partial charge in [0.05, 0.1) is 31.5 Å². The van der Waals surface area contributed by atoms with Crippen LogP contribution in [0.25, 0.3) is 11.1 Å². The Morgan fingerprint density at radius 3 is 2.47 bits per heavy atom. The van der Waals surface area contributed by atoms with E-state index in [1.54, 1.807) is 6.07 Å². The summed E-state index contributed by atoms with van der Waals surface area (Å²) in [5.41, 5.74) is 7.09. The third kappa shape index (κ3) is 6.25. The second-order valence-corrected chi connectivity index (χ2v) is 12.2. The van der Waals surface area contributed by atoms with Crippen LogP contribution in [-0.4, -0.2) is 60.5 Å². The molecule has 4 heterocycles. The molecule has 1 saturated carbocycles. The number of hydrogen-bond donors (Lipinski definition) is 2. The van der Waals surface area contributed by atoms with E-state index < -0.39 is 29.1 Å². The van der Waals surface area contributed by atoms with E-state index in [1.807, 2.05) is 17.9 Å². The lowest BCUT2D eigenvalue weighted by molar-refractivity contribution is -0.141. The molecular formula is C33H34F4N6O4. The Balaban J connectivity index is 1.31. The molecule has 1 aromatic carbocycles. The summed E-state index contributed by atoms with van der Waals surface area (Å²) in [5, 5.41) is 2.81. The minimum atomic E-state index is -4.58. The number of ether oxygens (including phenoxy) is 2. The predicted molar refractivity (Wildman–Crippen MR) is 165 cm³/mol. The van der Waals surface area contributed by atoms with Gasteiger partial charge in [0.15, 0.2) is 0 Å². The number of rotatable bonds is 9. The largest absolute Gasteiger partial charge is 0.481 e. The molecule has 248 valence electrons. The molecular weight excluding hydrogens is 620 g/mol. The maximum absolute atomic E-state index is 15.8. The molecule has 1 spiro atoms. The number of carbonyl (C=O) groups is 2. The number of benzene rings is 1. The molecule has 0 bridgehead atoms. The number of nitrogens with two attached hydrogens (primary N) is 1. The van der Waals surface area contributed by atoms with Crippen molar-refractivity contribution in [3.05, 3.63) is 69.9 Å². The summed E-state index contributed by atoms with van der Waals surface area (Å²) in [7, 11) is 2.91. The summed E-state index contributed by atoms with van der Waals surface area (Å²) in [4.78, 5) is 40.0. The van der Waals surface area contributed by atoms with Crippen LogP contribution >= 0.6 is 0 Å². The number of halogens is 4. The van der Waals surface area contributed by atoms with Gasteiger partial charge in [-0.25, -0.2) is 14.4 Å². The maximum Gasteiger partial charge on any atom is 0.433 e. The molecule has 14 heteroatoms. The number of nitrogens with zero attached hydrogens (tertiary/aromatic N) is 4. The number of piperidine rings is 1. The van der Waals surface area contributed by atoms with E-state index in [-0.39, 0.29) is 36.6 Å². The zero-order chi connectivity index (χ0) is 33.7. The van der Waals surface area contributed by atoms with Gasteiger partial charge >= 0.3 is 6.18 Å². The van der Waals surface area contributed by atoms with Crippen molar-refractivity contribution in [1.82, 2.24) is 15.3 Å². The fourth-order valence-electron chi connectivity index (χ4n) is 6.41. The number of hydrogen-bond acceptors (Lipinski definition) is 8. The highest BCUT2D eigenvalue weighted by molar-refractivity contribution is 6.16. The number of amidine groups is 1.